The fraction of sp³-hybridized carbons (Fsp3) is 0.188. The largest absolute Gasteiger partial charge is 0.508 e. The number of phenols is 1. The molecule has 0 aliphatic heterocycles. The zero-order valence-electron chi connectivity index (χ0n) is 11.8. The highest BCUT2D eigenvalue weighted by Crippen LogP contribution is 2.19. The Labute approximate surface area is 123 Å². The van der Waals surface area contributed by atoms with Crippen LogP contribution in [0.4, 0.5) is 5.69 Å². The number of hydrogen-bond acceptors (Lipinski definition) is 4. The summed E-state index contributed by atoms with van der Waals surface area (Å²) in [5, 5.41) is 9.42. The third-order valence-electron chi connectivity index (χ3n) is 3.11. The van der Waals surface area contributed by atoms with Crippen molar-refractivity contribution in [2.24, 2.45) is 5.73 Å². The van der Waals surface area contributed by atoms with Gasteiger partial charge in [0.15, 0.2) is 6.61 Å². The van der Waals surface area contributed by atoms with E-state index in [1.165, 1.54) is 11.0 Å². The second kappa shape index (κ2) is 6.76. The molecule has 2 rings (SSSR count). The maximum atomic E-state index is 12.1. The molecule has 0 aliphatic carbocycles. The minimum atomic E-state index is -0.205. The third-order valence-corrected chi connectivity index (χ3v) is 3.11. The van der Waals surface area contributed by atoms with Gasteiger partial charge in [0, 0.05) is 25.3 Å². The molecule has 0 aliphatic rings. The van der Waals surface area contributed by atoms with Crippen LogP contribution in [-0.2, 0) is 11.3 Å². The fourth-order valence-corrected chi connectivity index (χ4v) is 1.81. The van der Waals surface area contributed by atoms with E-state index < -0.39 is 0 Å². The first-order valence-electron chi connectivity index (χ1n) is 6.57. The number of ether oxygens (including phenoxy) is 1. The van der Waals surface area contributed by atoms with Crippen molar-refractivity contribution in [3.8, 4) is 11.5 Å². The number of phenolic OH excluding ortho intramolecular Hbond substituents is 1. The smallest absolute Gasteiger partial charge is 0.264 e. The average molecular weight is 286 g/mol. The maximum absolute atomic E-state index is 12.1. The number of amides is 1. The summed E-state index contributed by atoms with van der Waals surface area (Å²) in [6.07, 6.45) is 0. The van der Waals surface area contributed by atoms with Crippen molar-refractivity contribution < 1.29 is 14.6 Å². The molecule has 0 spiro atoms. The lowest BCUT2D eigenvalue weighted by Crippen LogP contribution is -2.31. The lowest BCUT2D eigenvalue weighted by Gasteiger charge is -2.17. The Morgan fingerprint density at radius 2 is 1.95 bits per heavy atom. The highest BCUT2D eigenvalue weighted by Gasteiger charge is 2.12. The van der Waals surface area contributed by atoms with Gasteiger partial charge in [-0.1, -0.05) is 18.2 Å². The van der Waals surface area contributed by atoms with E-state index in [0.29, 0.717) is 18.0 Å². The van der Waals surface area contributed by atoms with Crippen molar-refractivity contribution >= 4 is 11.6 Å². The van der Waals surface area contributed by atoms with Crippen LogP contribution in [0.2, 0.25) is 0 Å². The molecule has 0 bridgehead atoms. The Hall–Kier alpha value is -2.53. The van der Waals surface area contributed by atoms with Crippen LogP contribution in [0.5, 0.6) is 11.5 Å². The molecule has 0 aromatic heterocycles. The number of carbonyl (C=O) groups is 1. The standard InChI is InChI=1S/C16H18N2O3/c1-18(13-3-2-4-14(19)9-13)16(20)11-21-15-7-5-12(10-17)6-8-15/h2-9,19H,10-11,17H2,1H3. The zero-order valence-corrected chi connectivity index (χ0v) is 11.8. The van der Waals surface area contributed by atoms with Gasteiger partial charge in [-0.15, -0.1) is 0 Å². The lowest BCUT2D eigenvalue weighted by atomic mass is 10.2. The van der Waals surface area contributed by atoms with Gasteiger partial charge < -0.3 is 20.5 Å². The Balaban J connectivity index is 1.94. The van der Waals surface area contributed by atoms with E-state index in [1.54, 1.807) is 37.4 Å². The molecule has 5 heteroatoms. The summed E-state index contributed by atoms with van der Waals surface area (Å²) < 4.78 is 5.45. The van der Waals surface area contributed by atoms with E-state index in [0.717, 1.165) is 5.56 Å². The molecule has 0 radical (unpaired) electrons. The number of benzene rings is 2. The Kier molecular flexibility index (Phi) is 4.79. The first-order chi connectivity index (χ1) is 10.1. The second-order valence-corrected chi connectivity index (χ2v) is 4.61. The van der Waals surface area contributed by atoms with Crippen LogP contribution >= 0.6 is 0 Å². The van der Waals surface area contributed by atoms with Crippen LogP contribution in [0.15, 0.2) is 48.5 Å². The monoisotopic (exact) mass is 286 g/mol. The molecule has 0 fully saturated rings. The molecule has 0 unspecified atom stereocenters. The summed E-state index contributed by atoms with van der Waals surface area (Å²) in [4.78, 5) is 13.5. The Bertz CT molecular complexity index is 611. The molecule has 1 amide bonds. The predicted octanol–water partition coefficient (Wildman–Crippen LogP) is 1.89. The van der Waals surface area contributed by atoms with Gasteiger partial charge in [0.2, 0.25) is 0 Å². The summed E-state index contributed by atoms with van der Waals surface area (Å²) in [5.74, 6) is 0.527. The number of anilines is 1. The quantitative estimate of drug-likeness (QED) is 0.880. The molecule has 2 aromatic carbocycles. The molecule has 21 heavy (non-hydrogen) atoms. The first kappa shape index (κ1) is 14.9. The Morgan fingerprint density at radius 3 is 2.57 bits per heavy atom. The van der Waals surface area contributed by atoms with Gasteiger partial charge in [0.1, 0.15) is 11.5 Å². The second-order valence-electron chi connectivity index (χ2n) is 4.61. The number of nitrogens with two attached hydrogens (primary N) is 1. The van der Waals surface area contributed by atoms with Crippen molar-refractivity contribution in [2.75, 3.05) is 18.6 Å². The topological polar surface area (TPSA) is 75.8 Å². The van der Waals surface area contributed by atoms with Crippen LogP contribution in [-0.4, -0.2) is 24.7 Å². The summed E-state index contributed by atoms with van der Waals surface area (Å²) >= 11 is 0. The van der Waals surface area contributed by atoms with Crippen molar-refractivity contribution in [3.63, 3.8) is 0 Å². The number of nitrogens with zero attached hydrogens (tertiary/aromatic N) is 1. The van der Waals surface area contributed by atoms with Crippen LogP contribution in [0.3, 0.4) is 0 Å². The molecule has 110 valence electrons. The van der Waals surface area contributed by atoms with Crippen LogP contribution in [0.25, 0.3) is 0 Å². The van der Waals surface area contributed by atoms with Crippen LogP contribution in [0, 0.1) is 0 Å². The SMILES string of the molecule is CN(C(=O)COc1ccc(CN)cc1)c1cccc(O)c1. The maximum Gasteiger partial charge on any atom is 0.264 e. The fourth-order valence-electron chi connectivity index (χ4n) is 1.81. The minimum Gasteiger partial charge on any atom is -0.508 e. The molecular formula is C16H18N2O3. The van der Waals surface area contributed by atoms with E-state index in [2.05, 4.69) is 0 Å². The van der Waals surface area contributed by atoms with Gasteiger partial charge in [-0.25, -0.2) is 0 Å². The molecule has 5 nitrogen and oxygen atoms in total. The van der Waals surface area contributed by atoms with Crippen molar-refractivity contribution in [3.05, 3.63) is 54.1 Å². The lowest BCUT2D eigenvalue weighted by molar-refractivity contribution is -0.120. The number of carbonyl (C=O) groups excluding carboxylic acids is 1. The van der Waals surface area contributed by atoms with Crippen molar-refractivity contribution in [2.45, 2.75) is 6.54 Å². The number of likely N-dealkylation sites (N-methyl/N-ethyl adjacent to an activating group) is 1. The molecule has 0 heterocycles. The molecule has 3 N–H and O–H groups in total. The first-order valence-corrected chi connectivity index (χ1v) is 6.57. The van der Waals surface area contributed by atoms with Gasteiger partial charge in [-0.2, -0.15) is 0 Å². The predicted molar refractivity (Wildman–Crippen MR) is 81.3 cm³/mol. The van der Waals surface area contributed by atoms with Gasteiger partial charge >= 0.3 is 0 Å². The number of aromatic hydroxyl groups is 1. The van der Waals surface area contributed by atoms with Gasteiger partial charge in [0.05, 0.1) is 0 Å². The third kappa shape index (κ3) is 3.97. The summed E-state index contributed by atoms with van der Waals surface area (Å²) in [6, 6.07) is 13.8. The van der Waals surface area contributed by atoms with Crippen LogP contribution in [0.1, 0.15) is 5.56 Å². The summed E-state index contributed by atoms with van der Waals surface area (Å²) in [5.41, 5.74) is 7.13. The van der Waals surface area contributed by atoms with E-state index >= 15 is 0 Å². The summed E-state index contributed by atoms with van der Waals surface area (Å²) in [6.45, 7) is 0.396. The summed E-state index contributed by atoms with van der Waals surface area (Å²) in [7, 11) is 1.64. The zero-order chi connectivity index (χ0) is 15.2. The normalized spacial score (nSPS) is 10.2. The average Bonchev–Trinajstić information content (AvgIpc) is 2.52. The molecule has 0 saturated carbocycles. The number of hydrogen-bond donors (Lipinski definition) is 2. The van der Waals surface area contributed by atoms with Crippen molar-refractivity contribution in [1.29, 1.82) is 0 Å². The Morgan fingerprint density at radius 1 is 1.24 bits per heavy atom. The highest BCUT2D eigenvalue weighted by molar-refractivity contribution is 5.94. The van der Waals surface area contributed by atoms with Gasteiger partial charge in [-0.05, 0) is 29.8 Å². The van der Waals surface area contributed by atoms with E-state index in [4.69, 9.17) is 10.5 Å². The number of rotatable bonds is 5. The van der Waals surface area contributed by atoms with Crippen LogP contribution < -0.4 is 15.4 Å². The van der Waals surface area contributed by atoms with E-state index in [-0.39, 0.29) is 18.3 Å². The van der Waals surface area contributed by atoms with Gasteiger partial charge in [0.25, 0.3) is 5.91 Å². The van der Waals surface area contributed by atoms with Gasteiger partial charge in [-0.3, -0.25) is 4.79 Å². The van der Waals surface area contributed by atoms with E-state index in [1.807, 2.05) is 12.1 Å². The highest BCUT2D eigenvalue weighted by atomic mass is 16.5. The van der Waals surface area contributed by atoms with E-state index in [9.17, 15) is 9.90 Å². The van der Waals surface area contributed by atoms with Crippen molar-refractivity contribution in [1.82, 2.24) is 0 Å². The molecule has 0 saturated heterocycles. The molecule has 0 atom stereocenters. The minimum absolute atomic E-state index is 0.0753. The molecule has 2 aromatic rings. The molecular weight excluding hydrogens is 268 g/mol.